The first-order valence-electron chi connectivity index (χ1n) is 42.6. The molecule has 0 aliphatic carbocycles. The quantitative estimate of drug-likeness (QED) is 0.0195. The number of nitrogens with zero attached hydrogens (tertiary/aromatic N) is 1. The molecule has 574 valence electrons. The predicted molar refractivity (Wildman–Crippen MR) is 425 cm³/mol. The number of carbonyl (C=O) groups is 2. The van der Waals surface area contributed by atoms with Gasteiger partial charge in [-0.15, -0.1) is 0 Å². The van der Waals surface area contributed by atoms with E-state index >= 15 is 0 Å². The summed E-state index contributed by atoms with van der Waals surface area (Å²) in [6, 6.07) is 0. The predicted octanol–water partition coefficient (Wildman–Crippen LogP) is 28.0. The number of phosphoric acid groups is 1. The topological polar surface area (TPSA) is 111 Å². The van der Waals surface area contributed by atoms with Gasteiger partial charge in [-0.05, 0) is 83.5 Å². The second kappa shape index (κ2) is 78.6. The Labute approximate surface area is 609 Å². The highest BCUT2D eigenvalue weighted by atomic mass is 31.2. The van der Waals surface area contributed by atoms with Crippen LogP contribution in [0.4, 0.5) is 0 Å². The molecule has 0 amide bonds. The SMILES string of the molecule is CC/C=C\C/C=C\C/C=C\C/C=C\C/C=C\CCCCCCCCCCCCCCCCCCCCCCCCCCCC(=O)OC(COC(=O)CCCCCCCCCCCCCCCCCCCCCCC/C=C\CCCCCCCCCC)COP(=O)([O-])OCC[N+](C)(C)C. The van der Waals surface area contributed by atoms with Crippen LogP contribution in [0.5, 0.6) is 0 Å². The van der Waals surface area contributed by atoms with Crippen LogP contribution >= 0.6 is 7.82 Å². The molecule has 9 nitrogen and oxygen atoms in total. The Bertz CT molecular complexity index is 1890. The molecule has 98 heavy (non-hydrogen) atoms. The van der Waals surface area contributed by atoms with Gasteiger partial charge >= 0.3 is 11.9 Å². The summed E-state index contributed by atoms with van der Waals surface area (Å²) in [6.07, 6.45) is 108. The molecular weight excluding hydrogens is 1230 g/mol. The number of likely N-dealkylation sites (N-methyl/N-ethyl adjacent to an activating group) is 1. The largest absolute Gasteiger partial charge is 0.756 e. The number of allylic oxidation sites excluding steroid dienone is 12. The molecule has 0 bridgehead atoms. The molecule has 0 aromatic rings. The average molecular weight is 1400 g/mol. The first kappa shape index (κ1) is 95.5. The lowest BCUT2D eigenvalue weighted by atomic mass is 10.0. The van der Waals surface area contributed by atoms with E-state index in [1.165, 1.54) is 327 Å². The van der Waals surface area contributed by atoms with Crippen LogP contribution in [-0.2, 0) is 32.7 Å². The number of esters is 2. The van der Waals surface area contributed by atoms with Crippen molar-refractivity contribution in [2.45, 2.75) is 431 Å². The van der Waals surface area contributed by atoms with Gasteiger partial charge in [0.1, 0.15) is 19.8 Å². The lowest BCUT2D eigenvalue weighted by Crippen LogP contribution is -2.37. The smallest absolute Gasteiger partial charge is 0.306 e. The third-order valence-corrected chi connectivity index (χ3v) is 20.2. The lowest BCUT2D eigenvalue weighted by Gasteiger charge is -2.28. The Morgan fingerprint density at radius 3 is 0.878 bits per heavy atom. The molecule has 0 heterocycles. The van der Waals surface area contributed by atoms with E-state index in [2.05, 4.69) is 86.8 Å². The lowest BCUT2D eigenvalue weighted by molar-refractivity contribution is -0.870. The van der Waals surface area contributed by atoms with Gasteiger partial charge in [0.05, 0.1) is 27.7 Å². The molecule has 0 saturated heterocycles. The van der Waals surface area contributed by atoms with Crippen molar-refractivity contribution in [1.82, 2.24) is 0 Å². The maximum absolute atomic E-state index is 12.9. The minimum absolute atomic E-state index is 0.0283. The zero-order valence-electron chi connectivity index (χ0n) is 65.7. The number of ether oxygens (including phenoxy) is 2. The number of unbranched alkanes of at least 4 members (excludes halogenated alkanes) is 54. The highest BCUT2D eigenvalue weighted by Crippen LogP contribution is 2.38. The van der Waals surface area contributed by atoms with E-state index in [9.17, 15) is 19.0 Å². The Kier molecular flexibility index (Phi) is 76.5. The molecule has 0 radical (unpaired) electrons. The van der Waals surface area contributed by atoms with Crippen LogP contribution in [-0.4, -0.2) is 70.0 Å². The van der Waals surface area contributed by atoms with Crippen molar-refractivity contribution in [2.75, 3.05) is 47.5 Å². The first-order chi connectivity index (χ1) is 48.0. The Morgan fingerprint density at radius 1 is 0.327 bits per heavy atom. The number of phosphoric ester groups is 1. The fourth-order valence-electron chi connectivity index (χ4n) is 12.7. The second-order valence-corrected chi connectivity index (χ2v) is 31.6. The van der Waals surface area contributed by atoms with Gasteiger partial charge in [0.15, 0.2) is 6.10 Å². The number of carbonyl (C=O) groups excluding carboxylic acids is 2. The minimum atomic E-state index is -4.65. The zero-order valence-corrected chi connectivity index (χ0v) is 66.6. The zero-order chi connectivity index (χ0) is 71.1. The molecule has 0 spiro atoms. The summed E-state index contributed by atoms with van der Waals surface area (Å²) in [6.45, 7) is 4.20. The van der Waals surface area contributed by atoms with Crippen LogP contribution in [0.3, 0.4) is 0 Å². The molecule has 0 aromatic heterocycles. The number of rotatable bonds is 80. The van der Waals surface area contributed by atoms with E-state index in [0.29, 0.717) is 17.4 Å². The summed E-state index contributed by atoms with van der Waals surface area (Å²) in [4.78, 5) is 38.2. The van der Waals surface area contributed by atoms with Crippen molar-refractivity contribution in [2.24, 2.45) is 0 Å². The van der Waals surface area contributed by atoms with E-state index in [1.807, 2.05) is 21.1 Å². The van der Waals surface area contributed by atoms with Crippen molar-refractivity contribution in [3.8, 4) is 0 Å². The van der Waals surface area contributed by atoms with Crippen molar-refractivity contribution >= 4 is 19.8 Å². The van der Waals surface area contributed by atoms with E-state index in [4.69, 9.17) is 18.5 Å². The van der Waals surface area contributed by atoms with Crippen LogP contribution in [0, 0.1) is 0 Å². The molecule has 2 atom stereocenters. The molecule has 0 aliphatic heterocycles. The summed E-state index contributed by atoms with van der Waals surface area (Å²) < 4.78 is 34.5. The van der Waals surface area contributed by atoms with Crippen molar-refractivity contribution in [3.63, 3.8) is 0 Å². The van der Waals surface area contributed by atoms with Crippen LogP contribution in [0.25, 0.3) is 0 Å². The normalized spacial score (nSPS) is 13.3. The molecule has 10 heteroatoms. The number of hydrogen-bond donors (Lipinski definition) is 0. The first-order valence-corrected chi connectivity index (χ1v) is 44.1. The third kappa shape index (κ3) is 82.4. The maximum Gasteiger partial charge on any atom is 0.306 e. The Morgan fingerprint density at radius 2 is 0.582 bits per heavy atom. The summed E-state index contributed by atoms with van der Waals surface area (Å²) in [5, 5.41) is 0. The van der Waals surface area contributed by atoms with E-state index in [-0.39, 0.29) is 32.0 Å². The minimum Gasteiger partial charge on any atom is -0.756 e. The average Bonchev–Trinajstić information content (AvgIpc) is 1.08. The van der Waals surface area contributed by atoms with Gasteiger partial charge in [-0.2, -0.15) is 0 Å². The Hall–Kier alpha value is -2.55. The fraction of sp³-hybridized carbons (Fsp3) is 0.841. The summed E-state index contributed by atoms with van der Waals surface area (Å²) >= 11 is 0. The highest BCUT2D eigenvalue weighted by molar-refractivity contribution is 7.45. The van der Waals surface area contributed by atoms with Crippen LogP contribution in [0.2, 0.25) is 0 Å². The molecule has 0 aromatic carbocycles. The molecule has 2 unspecified atom stereocenters. The fourth-order valence-corrected chi connectivity index (χ4v) is 13.5. The van der Waals surface area contributed by atoms with Gasteiger partial charge in [0, 0.05) is 12.8 Å². The second-order valence-electron chi connectivity index (χ2n) is 30.2. The van der Waals surface area contributed by atoms with Gasteiger partial charge < -0.3 is 27.9 Å². The van der Waals surface area contributed by atoms with Crippen LogP contribution in [0.15, 0.2) is 72.9 Å². The number of hydrogen-bond acceptors (Lipinski definition) is 8. The molecular formula is C88H164NO8P. The van der Waals surface area contributed by atoms with Crippen molar-refractivity contribution in [3.05, 3.63) is 72.9 Å². The summed E-state index contributed by atoms with van der Waals surface area (Å²) in [5.74, 6) is -0.808. The summed E-state index contributed by atoms with van der Waals surface area (Å²) in [7, 11) is 1.19. The maximum atomic E-state index is 12.9. The molecule has 0 saturated carbocycles. The standard InChI is InChI=1S/C88H164NO8P/c1-6-8-10-12-14-16-18-20-22-24-26-28-30-32-34-36-38-40-41-42-43-44-45-46-47-49-51-53-55-57-59-61-63-65-67-69-71-73-75-77-79-81-88(91)97-86(85-96-98(92,93)95-83-82-89(3,4)5)84-94-87(90)80-78-76-74-72-70-68-66-64-62-60-58-56-54-52-50-48-39-37-35-33-31-29-27-25-23-21-19-17-15-13-11-9-7-2/h8,10,14,16,20,22,25-28,32,34,86H,6-7,9,11-13,15,17-19,21,23-24,29-31,33,35-85H2,1-5H3/b10-8-,16-14-,22-20-,27-25-,28-26-,34-32-. The van der Waals surface area contributed by atoms with Crippen molar-refractivity contribution in [1.29, 1.82) is 0 Å². The van der Waals surface area contributed by atoms with Crippen LogP contribution < -0.4 is 4.89 Å². The molecule has 0 rings (SSSR count). The van der Waals surface area contributed by atoms with Crippen LogP contribution in [0.1, 0.15) is 425 Å². The molecule has 0 fully saturated rings. The third-order valence-electron chi connectivity index (χ3n) is 19.2. The Balaban J connectivity index is 3.87. The van der Waals surface area contributed by atoms with Gasteiger partial charge in [-0.25, -0.2) is 0 Å². The highest BCUT2D eigenvalue weighted by Gasteiger charge is 2.22. The van der Waals surface area contributed by atoms with Crippen molar-refractivity contribution < 1.29 is 42.1 Å². The van der Waals surface area contributed by atoms with E-state index in [0.717, 1.165) is 64.2 Å². The van der Waals surface area contributed by atoms with E-state index in [1.54, 1.807) is 0 Å². The van der Waals surface area contributed by atoms with Gasteiger partial charge in [-0.1, -0.05) is 401 Å². The summed E-state index contributed by atoms with van der Waals surface area (Å²) in [5.41, 5.74) is 0. The number of quaternary nitrogens is 1. The molecule has 0 N–H and O–H groups in total. The van der Waals surface area contributed by atoms with Gasteiger partial charge in [0.25, 0.3) is 7.82 Å². The monoisotopic (exact) mass is 1390 g/mol. The van der Waals surface area contributed by atoms with Gasteiger partial charge in [-0.3, -0.25) is 14.2 Å². The molecule has 0 aliphatic rings. The van der Waals surface area contributed by atoms with Gasteiger partial charge in [0.2, 0.25) is 0 Å². The van der Waals surface area contributed by atoms with E-state index < -0.39 is 26.5 Å².